The summed E-state index contributed by atoms with van der Waals surface area (Å²) < 4.78 is 31.6. The molecule has 4 nitrogen and oxygen atoms in total. The Bertz CT molecular complexity index is 1020. The van der Waals surface area contributed by atoms with E-state index in [1.807, 2.05) is 26.0 Å². The molecule has 0 aromatic heterocycles. The van der Waals surface area contributed by atoms with Crippen LogP contribution >= 0.6 is 0 Å². The lowest BCUT2D eigenvalue weighted by molar-refractivity contribution is -0.174. The summed E-state index contributed by atoms with van der Waals surface area (Å²) in [7, 11) is -3.73. The highest BCUT2D eigenvalue weighted by molar-refractivity contribution is 7.86. The van der Waals surface area contributed by atoms with Gasteiger partial charge in [0, 0.05) is 0 Å². The highest BCUT2D eigenvalue weighted by atomic mass is 32.2. The van der Waals surface area contributed by atoms with Gasteiger partial charge in [-0.1, -0.05) is 38.0 Å². The van der Waals surface area contributed by atoms with Crippen molar-refractivity contribution in [3.8, 4) is 0 Å². The Hall–Kier alpha value is -0.910. The smallest absolute Gasteiger partial charge is 0.296 e. The van der Waals surface area contributed by atoms with Crippen LogP contribution in [0.3, 0.4) is 0 Å². The van der Waals surface area contributed by atoms with Crippen LogP contribution in [-0.2, 0) is 14.3 Å². The first-order valence-electron chi connectivity index (χ1n) is 14.2. The Morgan fingerprint density at radius 1 is 0.971 bits per heavy atom. The van der Waals surface area contributed by atoms with Gasteiger partial charge in [-0.05, 0) is 131 Å². The number of fused-ring (bicyclic) bond motifs is 5. The average Bonchev–Trinajstić information content (AvgIpc) is 2.82. The first-order chi connectivity index (χ1) is 16.5. The zero-order valence-corrected chi connectivity index (χ0v) is 23.1. The van der Waals surface area contributed by atoms with Gasteiger partial charge in [-0.15, -0.1) is 0 Å². The first-order valence-corrected chi connectivity index (χ1v) is 15.6. The summed E-state index contributed by atoms with van der Waals surface area (Å²) in [4.78, 5) is 0.265. The van der Waals surface area contributed by atoms with Gasteiger partial charge in [-0.25, -0.2) is 0 Å². The summed E-state index contributed by atoms with van der Waals surface area (Å²) in [5.41, 5.74) is 1.11. The molecular formula is C30H46O4S. The molecule has 0 heterocycles. The number of benzene rings is 1. The molecule has 4 saturated carbocycles. The topological polar surface area (TPSA) is 63.6 Å². The molecule has 1 aromatic rings. The van der Waals surface area contributed by atoms with Gasteiger partial charge < -0.3 is 5.11 Å². The maximum absolute atomic E-state index is 12.9. The SMILES string of the molecule is CC[C@]12CC[C@@](C)(O)C[C@H]1CC[C@H]1[C@@H]3CCC[C@H](COS(=O)(=O)c4ccc(C)cc4)[C@@]3(C)CC[C@@H]12. The van der Waals surface area contributed by atoms with Gasteiger partial charge in [0.05, 0.1) is 17.1 Å². The molecule has 35 heavy (non-hydrogen) atoms. The second-order valence-electron chi connectivity index (χ2n) is 13.2. The number of aliphatic hydroxyl groups is 1. The van der Waals surface area contributed by atoms with Gasteiger partial charge in [-0.3, -0.25) is 4.18 Å². The maximum atomic E-state index is 12.9. The van der Waals surface area contributed by atoms with Crippen LogP contribution in [0.5, 0.6) is 0 Å². The van der Waals surface area contributed by atoms with E-state index in [1.165, 1.54) is 51.4 Å². The molecule has 1 aromatic carbocycles. The molecule has 5 heteroatoms. The largest absolute Gasteiger partial charge is 0.390 e. The molecule has 8 atom stereocenters. The van der Waals surface area contributed by atoms with Crippen LogP contribution in [0.1, 0.15) is 97.0 Å². The van der Waals surface area contributed by atoms with Crippen LogP contribution in [-0.4, -0.2) is 25.7 Å². The van der Waals surface area contributed by atoms with E-state index in [2.05, 4.69) is 13.8 Å². The monoisotopic (exact) mass is 502 g/mol. The van der Waals surface area contributed by atoms with Crippen molar-refractivity contribution in [2.24, 2.45) is 40.4 Å². The van der Waals surface area contributed by atoms with Gasteiger partial charge in [0.1, 0.15) is 0 Å². The maximum Gasteiger partial charge on any atom is 0.296 e. The van der Waals surface area contributed by atoms with Crippen molar-refractivity contribution in [3.05, 3.63) is 29.8 Å². The molecule has 5 rings (SSSR count). The summed E-state index contributed by atoms with van der Waals surface area (Å²) in [5, 5.41) is 10.8. The van der Waals surface area contributed by atoms with Crippen LogP contribution in [0.2, 0.25) is 0 Å². The molecule has 0 bridgehead atoms. The molecule has 4 aliphatic carbocycles. The van der Waals surface area contributed by atoms with Crippen molar-refractivity contribution in [1.82, 2.24) is 0 Å². The molecule has 0 saturated heterocycles. The minimum absolute atomic E-state index is 0.157. The van der Waals surface area contributed by atoms with Crippen molar-refractivity contribution in [1.29, 1.82) is 0 Å². The Balaban J connectivity index is 1.34. The Morgan fingerprint density at radius 2 is 1.71 bits per heavy atom. The van der Waals surface area contributed by atoms with Crippen LogP contribution < -0.4 is 0 Å². The third-order valence-electron chi connectivity index (χ3n) is 11.5. The molecule has 0 unspecified atom stereocenters. The zero-order valence-electron chi connectivity index (χ0n) is 22.3. The fraction of sp³-hybridized carbons (Fsp3) is 0.800. The van der Waals surface area contributed by atoms with Crippen molar-refractivity contribution >= 4 is 10.1 Å². The fourth-order valence-corrected chi connectivity index (χ4v) is 10.4. The second kappa shape index (κ2) is 9.13. The van der Waals surface area contributed by atoms with Crippen molar-refractivity contribution in [3.63, 3.8) is 0 Å². The van der Waals surface area contributed by atoms with E-state index in [0.29, 0.717) is 29.8 Å². The molecule has 0 aliphatic heterocycles. The van der Waals surface area contributed by atoms with Gasteiger partial charge >= 0.3 is 0 Å². The van der Waals surface area contributed by atoms with Crippen LogP contribution in [0, 0.1) is 47.3 Å². The van der Waals surface area contributed by atoms with E-state index in [0.717, 1.165) is 36.7 Å². The van der Waals surface area contributed by atoms with E-state index in [1.54, 1.807) is 12.1 Å². The quantitative estimate of drug-likeness (QED) is 0.445. The van der Waals surface area contributed by atoms with E-state index in [-0.39, 0.29) is 10.3 Å². The van der Waals surface area contributed by atoms with Crippen LogP contribution in [0.25, 0.3) is 0 Å². The Kier molecular flexibility index (Phi) is 6.71. The predicted molar refractivity (Wildman–Crippen MR) is 139 cm³/mol. The van der Waals surface area contributed by atoms with Crippen LogP contribution in [0.15, 0.2) is 29.2 Å². The van der Waals surface area contributed by atoms with Crippen LogP contribution in [0.4, 0.5) is 0 Å². The Labute approximate surface area is 213 Å². The molecule has 1 N–H and O–H groups in total. The van der Waals surface area contributed by atoms with Crippen molar-refractivity contribution in [2.45, 2.75) is 109 Å². The van der Waals surface area contributed by atoms with E-state index in [9.17, 15) is 13.5 Å². The second-order valence-corrected chi connectivity index (χ2v) is 14.8. The van der Waals surface area contributed by atoms with Gasteiger partial charge in [0.2, 0.25) is 0 Å². The molecule has 4 aliphatic rings. The van der Waals surface area contributed by atoms with E-state index in [4.69, 9.17) is 4.18 Å². The Morgan fingerprint density at radius 3 is 2.43 bits per heavy atom. The lowest BCUT2D eigenvalue weighted by atomic mass is 9.40. The third kappa shape index (κ3) is 4.42. The number of rotatable bonds is 5. The molecule has 4 fully saturated rings. The fourth-order valence-electron chi connectivity index (χ4n) is 9.48. The summed E-state index contributed by atoms with van der Waals surface area (Å²) >= 11 is 0. The number of hydrogen-bond acceptors (Lipinski definition) is 4. The van der Waals surface area contributed by atoms with Gasteiger partial charge in [-0.2, -0.15) is 8.42 Å². The zero-order chi connectivity index (χ0) is 25.1. The lowest BCUT2D eigenvalue weighted by Crippen LogP contribution is -2.58. The first kappa shape index (κ1) is 25.7. The highest BCUT2D eigenvalue weighted by Crippen LogP contribution is 2.68. The van der Waals surface area contributed by atoms with Crippen molar-refractivity contribution < 1.29 is 17.7 Å². The standard InChI is InChI=1S/C30H46O4S/c1-5-30-18-17-28(3,31)19-22(30)11-14-25-26-8-6-7-23(29(26,4)16-15-27(25)30)20-34-35(32,33)24-12-9-21(2)10-13-24/h9-10,12-13,22-23,25-27,31H,5-8,11,14-20H2,1-4H3/t22-,23-,25+,26+,27+,28-,29-,30+/m1/s1. The van der Waals surface area contributed by atoms with Gasteiger partial charge in [0.15, 0.2) is 0 Å². The molecule has 0 amide bonds. The number of aryl methyl sites for hydroxylation is 1. The predicted octanol–water partition coefficient (Wildman–Crippen LogP) is 6.89. The molecular weight excluding hydrogens is 456 g/mol. The summed E-state index contributed by atoms with van der Waals surface area (Å²) in [6, 6.07) is 6.98. The summed E-state index contributed by atoms with van der Waals surface area (Å²) in [6.45, 7) is 9.17. The van der Waals surface area contributed by atoms with Crippen molar-refractivity contribution in [2.75, 3.05) is 6.61 Å². The minimum Gasteiger partial charge on any atom is -0.390 e. The lowest BCUT2D eigenvalue weighted by Gasteiger charge is -2.65. The number of hydrogen-bond donors (Lipinski definition) is 1. The molecule has 196 valence electrons. The summed E-state index contributed by atoms with van der Waals surface area (Å²) in [5.74, 6) is 3.12. The van der Waals surface area contributed by atoms with E-state index < -0.39 is 15.7 Å². The van der Waals surface area contributed by atoms with Gasteiger partial charge in [0.25, 0.3) is 10.1 Å². The highest BCUT2D eigenvalue weighted by Gasteiger charge is 2.60. The minimum atomic E-state index is -3.73. The molecule has 0 spiro atoms. The average molecular weight is 503 g/mol. The molecule has 0 radical (unpaired) electrons. The summed E-state index contributed by atoms with van der Waals surface area (Å²) in [6.07, 6.45) is 12.8. The third-order valence-corrected chi connectivity index (χ3v) is 12.8. The van der Waals surface area contributed by atoms with E-state index >= 15 is 0 Å². The normalized spacial score (nSPS) is 43.6.